The average Bonchev–Trinajstić information content (AvgIpc) is 2.24. The summed E-state index contributed by atoms with van der Waals surface area (Å²) in [5, 5.41) is 0. The summed E-state index contributed by atoms with van der Waals surface area (Å²) in [5.74, 6) is 0.969. The molecule has 4 saturated carbocycles. The van der Waals surface area contributed by atoms with E-state index in [1.165, 1.54) is 51.4 Å². The SMILES string of the molecule is C=CCCCC(N)C12CC3CC(C)(CC(C)(C3)C1)C2. The van der Waals surface area contributed by atoms with Crippen LogP contribution < -0.4 is 5.73 Å². The lowest BCUT2D eigenvalue weighted by Gasteiger charge is -2.67. The Labute approximate surface area is 119 Å². The second kappa shape index (κ2) is 4.35. The van der Waals surface area contributed by atoms with E-state index >= 15 is 0 Å². The zero-order valence-corrected chi connectivity index (χ0v) is 12.9. The van der Waals surface area contributed by atoms with Gasteiger partial charge in [-0.15, -0.1) is 6.58 Å². The fraction of sp³-hybridized carbons (Fsp3) is 0.889. The van der Waals surface area contributed by atoms with Gasteiger partial charge in [0.05, 0.1) is 0 Å². The van der Waals surface area contributed by atoms with E-state index in [1.54, 1.807) is 0 Å². The highest BCUT2D eigenvalue weighted by Gasteiger charge is 2.61. The van der Waals surface area contributed by atoms with Gasteiger partial charge in [0.2, 0.25) is 0 Å². The van der Waals surface area contributed by atoms with Crippen molar-refractivity contribution < 1.29 is 0 Å². The van der Waals surface area contributed by atoms with E-state index in [0.29, 0.717) is 22.3 Å². The van der Waals surface area contributed by atoms with Crippen LogP contribution in [0.4, 0.5) is 0 Å². The summed E-state index contributed by atoms with van der Waals surface area (Å²) in [6.45, 7) is 8.92. The Morgan fingerprint density at radius 2 is 1.79 bits per heavy atom. The van der Waals surface area contributed by atoms with Crippen LogP contribution in [0.1, 0.15) is 71.6 Å². The van der Waals surface area contributed by atoms with Gasteiger partial charge in [0, 0.05) is 6.04 Å². The van der Waals surface area contributed by atoms with E-state index in [1.807, 2.05) is 6.08 Å². The van der Waals surface area contributed by atoms with E-state index in [2.05, 4.69) is 20.4 Å². The zero-order valence-electron chi connectivity index (χ0n) is 12.9. The lowest BCUT2D eigenvalue weighted by Crippen LogP contribution is -2.60. The number of hydrogen-bond acceptors (Lipinski definition) is 1. The molecule has 0 aromatic carbocycles. The van der Waals surface area contributed by atoms with Crippen LogP contribution in [0.3, 0.4) is 0 Å². The van der Waals surface area contributed by atoms with Crippen molar-refractivity contribution in [2.45, 2.75) is 77.7 Å². The molecule has 2 N–H and O–H groups in total. The molecule has 108 valence electrons. The molecule has 4 rings (SSSR count). The van der Waals surface area contributed by atoms with Crippen molar-refractivity contribution in [1.82, 2.24) is 0 Å². The van der Waals surface area contributed by atoms with Gasteiger partial charge in [-0.3, -0.25) is 0 Å². The van der Waals surface area contributed by atoms with E-state index in [4.69, 9.17) is 5.73 Å². The fourth-order valence-electron chi connectivity index (χ4n) is 6.74. The first kappa shape index (κ1) is 13.7. The number of nitrogens with two attached hydrogens (primary N) is 1. The molecular weight excluding hydrogens is 230 g/mol. The van der Waals surface area contributed by atoms with Gasteiger partial charge in [0.25, 0.3) is 0 Å². The molecule has 0 radical (unpaired) electrons. The Morgan fingerprint density at radius 3 is 2.32 bits per heavy atom. The van der Waals surface area contributed by atoms with Gasteiger partial charge in [-0.2, -0.15) is 0 Å². The molecule has 3 atom stereocenters. The van der Waals surface area contributed by atoms with Crippen LogP contribution in [0.25, 0.3) is 0 Å². The van der Waals surface area contributed by atoms with Crippen LogP contribution in [0.15, 0.2) is 12.7 Å². The lowest BCUT2D eigenvalue weighted by atomic mass is 9.39. The molecule has 0 aromatic heterocycles. The summed E-state index contributed by atoms with van der Waals surface area (Å²) in [5.41, 5.74) is 8.38. The minimum absolute atomic E-state index is 0.425. The molecule has 4 aliphatic rings. The molecule has 1 nitrogen and oxygen atoms in total. The van der Waals surface area contributed by atoms with Crippen LogP contribution in [-0.4, -0.2) is 6.04 Å². The second-order valence-electron chi connectivity index (χ2n) is 8.82. The molecule has 0 amide bonds. The Morgan fingerprint density at radius 1 is 1.16 bits per heavy atom. The van der Waals surface area contributed by atoms with Gasteiger partial charge in [-0.05, 0) is 80.0 Å². The molecule has 4 aliphatic carbocycles. The molecule has 0 heterocycles. The normalized spacial score (nSPS) is 49.3. The Bertz CT molecular complexity index is 354. The van der Waals surface area contributed by atoms with Crippen molar-refractivity contribution in [3.63, 3.8) is 0 Å². The quantitative estimate of drug-likeness (QED) is 0.565. The van der Waals surface area contributed by atoms with E-state index < -0.39 is 0 Å². The first-order valence-electron chi connectivity index (χ1n) is 8.25. The predicted molar refractivity (Wildman–Crippen MR) is 81.9 cm³/mol. The van der Waals surface area contributed by atoms with Gasteiger partial charge in [-0.1, -0.05) is 19.9 Å². The summed E-state index contributed by atoms with van der Waals surface area (Å²) in [6.07, 6.45) is 14.2. The number of allylic oxidation sites excluding steroid dienone is 1. The second-order valence-corrected chi connectivity index (χ2v) is 8.82. The van der Waals surface area contributed by atoms with E-state index in [9.17, 15) is 0 Å². The smallest absolute Gasteiger partial charge is 0.00961 e. The first-order valence-corrected chi connectivity index (χ1v) is 8.25. The third-order valence-electron chi connectivity index (χ3n) is 6.38. The molecule has 3 unspecified atom stereocenters. The summed E-state index contributed by atoms with van der Waals surface area (Å²) >= 11 is 0. The van der Waals surface area contributed by atoms with Crippen LogP contribution in [-0.2, 0) is 0 Å². The molecular formula is C18H31N. The van der Waals surface area contributed by atoms with Gasteiger partial charge in [0.1, 0.15) is 0 Å². The summed E-state index contributed by atoms with van der Waals surface area (Å²) in [4.78, 5) is 0. The molecule has 0 aliphatic heterocycles. The monoisotopic (exact) mass is 261 g/mol. The van der Waals surface area contributed by atoms with Gasteiger partial charge < -0.3 is 5.73 Å². The highest BCUT2D eigenvalue weighted by atomic mass is 14.8. The van der Waals surface area contributed by atoms with Crippen LogP contribution >= 0.6 is 0 Å². The fourth-order valence-corrected chi connectivity index (χ4v) is 6.74. The van der Waals surface area contributed by atoms with Crippen LogP contribution in [0.2, 0.25) is 0 Å². The third-order valence-corrected chi connectivity index (χ3v) is 6.38. The summed E-state index contributed by atoms with van der Waals surface area (Å²) < 4.78 is 0. The molecule has 0 spiro atoms. The first-order chi connectivity index (χ1) is 8.89. The summed E-state index contributed by atoms with van der Waals surface area (Å²) in [7, 11) is 0. The number of unbranched alkanes of at least 4 members (excludes halogenated alkanes) is 1. The van der Waals surface area contributed by atoms with Gasteiger partial charge in [0.15, 0.2) is 0 Å². The summed E-state index contributed by atoms with van der Waals surface area (Å²) in [6, 6.07) is 0.425. The standard InChI is InChI=1S/C18H31N/c1-4-5-6-7-15(19)18-10-14-8-16(2,12-18)11-17(3,9-14)13-18/h4,14-15H,1,5-13,19H2,2-3H3. The maximum absolute atomic E-state index is 6.70. The molecule has 1 heteroatoms. The largest absolute Gasteiger partial charge is 0.327 e. The lowest BCUT2D eigenvalue weighted by molar-refractivity contribution is -0.154. The van der Waals surface area contributed by atoms with Crippen LogP contribution in [0.5, 0.6) is 0 Å². The van der Waals surface area contributed by atoms with E-state index in [0.717, 1.165) is 12.3 Å². The highest BCUT2D eigenvalue weighted by Crippen LogP contribution is 2.70. The third kappa shape index (κ3) is 2.28. The van der Waals surface area contributed by atoms with Crippen molar-refractivity contribution in [2.24, 2.45) is 27.9 Å². The molecule has 0 saturated heterocycles. The van der Waals surface area contributed by atoms with Crippen molar-refractivity contribution in [1.29, 1.82) is 0 Å². The number of rotatable bonds is 5. The van der Waals surface area contributed by atoms with E-state index in [-0.39, 0.29) is 0 Å². The molecule has 0 aromatic rings. The molecule has 4 fully saturated rings. The Balaban J connectivity index is 1.78. The minimum Gasteiger partial charge on any atom is -0.327 e. The predicted octanol–water partition coefficient (Wildman–Crippen LogP) is 4.67. The van der Waals surface area contributed by atoms with Crippen molar-refractivity contribution in [2.75, 3.05) is 0 Å². The maximum Gasteiger partial charge on any atom is 0.00961 e. The maximum atomic E-state index is 6.70. The topological polar surface area (TPSA) is 26.0 Å². The van der Waals surface area contributed by atoms with Crippen LogP contribution in [0, 0.1) is 22.2 Å². The molecule has 4 bridgehead atoms. The van der Waals surface area contributed by atoms with Crippen molar-refractivity contribution in [3.8, 4) is 0 Å². The van der Waals surface area contributed by atoms with Crippen molar-refractivity contribution >= 4 is 0 Å². The average molecular weight is 261 g/mol. The van der Waals surface area contributed by atoms with Gasteiger partial charge >= 0.3 is 0 Å². The Hall–Kier alpha value is -0.300. The van der Waals surface area contributed by atoms with Crippen molar-refractivity contribution in [3.05, 3.63) is 12.7 Å². The Kier molecular flexibility index (Phi) is 3.13. The zero-order chi connectivity index (χ0) is 13.7. The minimum atomic E-state index is 0.425. The highest BCUT2D eigenvalue weighted by molar-refractivity contribution is 5.12. The number of hydrogen-bond donors (Lipinski definition) is 1. The van der Waals surface area contributed by atoms with Gasteiger partial charge in [-0.25, -0.2) is 0 Å². The molecule has 19 heavy (non-hydrogen) atoms.